The van der Waals surface area contributed by atoms with Crippen LogP contribution in [0.25, 0.3) is 0 Å². The molecule has 0 aliphatic rings. The first kappa shape index (κ1) is 18.5. The summed E-state index contributed by atoms with van der Waals surface area (Å²) in [7, 11) is 0. The van der Waals surface area contributed by atoms with Gasteiger partial charge in [0.05, 0.1) is 0 Å². The van der Waals surface area contributed by atoms with Gasteiger partial charge in [0.1, 0.15) is 12.6 Å². The van der Waals surface area contributed by atoms with E-state index in [0.29, 0.717) is 0 Å². The summed E-state index contributed by atoms with van der Waals surface area (Å²) >= 11 is 0. The van der Waals surface area contributed by atoms with Gasteiger partial charge < -0.3 is 10.1 Å². The minimum absolute atomic E-state index is 0.0159. The van der Waals surface area contributed by atoms with Gasteiger partial charge in [-0.25, -0.2) is 9.87 Å². The number of nitrogens with one attached hydrogen (secondary N) is 2. The molecular formula is C16H19FN2O4. The van der Waals surface area contributed by atoms with Crippen LogP contribution in [0.3, 0.4) is 0 Å². The smallest absolute Gasteiger partial charge is 0.266 e. The Balaban J connectivity index is 2.85. The van der Waals surface area contributed by atoms with Crippen molar-refractivity contribution in [2.75, 3.05) is 6.61 Å². The van der Waals surface area contributed by atoms with E-state index in [0.717, 1.165) is 6.07 Å². The van der Waals surface area contributed by atoms with Gasteiger partial charge in [0.2, 0.25) is 0 Å². The molecule has 1 rings (SSSR count). The molecule has 0 bridgehead atoms. The molecule has 3 N–H and O–H groups in total. The van der Waals surface area contributed by atoms with Gasteiger partial charge in [0, 0.05) is 5.56 Å². The molecule has 2 amide bonds. The van der Waals surface area contributed by atoms with Crippen LogP contribution in [0.15, 0.2) is 18.2 Å². The number of halogens is 1. The van der Waals surface area contributed by atoms with E-state index in [1.807, 2.05) is 0 Å². The van der Waals surface area contributed by atoms with Gasteiger partial charge in [-0.3, -0.25) is 14.8 Å². The number of hydroxylamine groups is 1. The van der Waals surface area contributed by atoms with Crippen molar-refractivity contribution in [3.05, 3.63) is 29.6 Å². The molecule has 1 unspecified atom stereocenters. The van der Waals surface area contributed by atoms with Gasteiger partial charge in [-0.2, -0.15) is 0 Å². The van der Waals surface area contributed by atoms with Crippen molar-refractivity contribution < 1.29 is 23.9 Å². The number of rotatable bonds is 6. The maximum absolute atomic E-state index is 13.9. The highest BCUT2D eigenvalue weighted by atomic mass is 19.1. The van der Waals surface area contributed by atoms with E-state index < -0.39 is 23.7 Å². The van der Waals surface area contributed by atoms with E-state index in [2.05, 4.69) is 17.2 Å². The van der Waals surface area contributed by atoms with Gasteiger partial charge in [-0.15, -0.1) is 5.92 Å². The van der Waals surface area contributed by atoms with Crippen LogP contribution in [-0.2, 0) is 4.79 Å². The minimum Gasteiger partial charge on any atom is -0.478 e. The van der Waals surface area contributed by atoms with E-state index in [-0.39, 0.29) is 23.8 Å². The number of benzene rings is 1. The first-order chi connectivity index (χ1) is 10.9. The molecule has 0 heterocycles. The van der Waals surface area contributed by atoms with E-state index in [4.69, 9.17) is 9.94 Å². The summed E-state index contributed by atoms with van der Waals surface area (Å²) in [5.74, 6) is 2.89. The standard InChI is InChI=1S/C16H19FN2O4/c1-4-5-8-23-13-7-6-11(9-12(13)17)15(20)18-14(10(2)3)16(21)19-22/h6-7,9-10,14,22H,8H2,1-3H3,(H,18,20)(H,19,21). The fourth-order valence-electron chi connectivity index (χ4n) is 1.77. The Morgan fingerprint density at radius 1 is 1.39 bits per heavy atom. The molecule has 0 saturated heterocycles. The first-order valence-corrected chi connectivity index (χ1v) is 6.97. The molecule has 23 heavy (non-hydrogen) atoms. The molecule has 0 aliphatic carbocycles. The maximum Gasteiger partial charge on any atom is 0.266 e. The van der Waals surface area contributed by atoms with E-state index in [9.17, 15) is 14.0 Å². The van der Waals surface area contributed by atoms with Gasteiger partial charge in [-0.05, 0) is 31.0 Å². The number of amides is 2. The van der Waals surface area contributed by atoms with Crippen molar-refractivity contribution in [1.29, 1.82) is 0 Å². The van der Waals surface area contributed by atoms with Gasteiger partial charge in [-0.1, -0.05) is 19.8 Å². The maximum atomic E-state index is 13.9. The van der Waals surface area contributed by atoms with Crippen molar-refractivity contribution in [3.63, 3.8) is 0 Å². The first-order valence-electron chi connectivity index (χ1n) is 6.97. The summed E-state index contributed by atoms with van der Waals surface area (Å²) in [6, 6.07) is 2.77. The zero-order valence-corrected chi connectivity index (χ0v) is 13.1. The molecule has 1 aromatic rings. The Kier molecular flexibility index (Phi) is 7.03. The number of hydrogen-bond acceptors (Lipinski definition) is 4. The largest absolute Gasteiger partial charge is 0.478 e. The van der Waals surface area contributed by atoms with Crippen molar-refractivity contribution in [2.24, 2.45) is 5.92 Å². The summed E-state index contributed by atoms with van der Waals surface area (Å²) in [5.41, 5.74) is 1.53. The lowest BCUT2D eigenvalue weighted by Crippen LogP contribution is -2.48. The van der Waals surface area contributed by atoms with Crippen molar-refractivity contribution in [2.45, 2.75) is 26.8 Å². The summed E-state index contributed by atoms with van der Waals surface area (Å²) < 4.78 is 19.0. The molecular weight excluding hydrogens is 303 g/mol. The average molecular weight is 322 g/mol. The molecule has 0 aliphatic heterocycles. The third-order valence-corrected chi connectivity index (χ3v) is 3.02. The Bertz CT molecular complexity index is 635. The second-order valence-corrected chi connectivity index (χ2v) is 5.03. The van der Waals surface area contributed by atoms with Gasteiger partial charge >= 0.3 is 0 Å². The third-order valence-electron chi connectivity index (χ3n) is 3.02. The second kappa shape index (κ2) is 8.76. The Labute approximate surface area is 134 Å². The zero-order valence-electron chi connectivity index (χ0n) is 13.1. The number of ether oxygens (including phenoxy) is 1. The predicted molar refractivity (Wildman–Crippen MR) is 81.4 cm³/mol. The van der Waals surface area contributed by atoms with E-state index >= 15 is 0 Å². The zero-order chi connectivity index (χ0) is 17.4. The summed E-state index contributed by atoms with van der Waals surface area (Å²) in [4.78, 5) is 23.6. The molecule has 7 heteroatoms. The van der Waals surface area contributed by atoms with Crippen LogP contribution in [0.4, 0.5) is 4.39 Å². The van der Waals surface area contributed by atoms with Gasteiger partial charge in [0.25, 0.3) is 11.8 Å². The van der Waals surface area contributed by atoms with Crippen LogP contribution in [0.5, 0.6) is 5.75 Å². The molecule has 1 aromatic carbocycles. The fourth-order valence-corrected chi connectivity index (χ4v) is 1.77. The van der Waals surface area contributed by atoms with Crippen LogP contribution < -0.4 is 15.5 Å². The van der Waals surface area contributed by atoms with Crippen LogP contribution >= 0.6 is 0 Å². The summed E-state index contributed by atoms with van der Waals surface area (Å²) in [6.07, 6.45) is 0. The quantitative estimate of drug-likeness (QED) is 0.421. The van der Waals surface area contributed by atoms with Crippen LogP contribution in [0, 0.1) is 23.6 Å². The predicted octanol–water partition coefficient (Wildman–Crippen LogP) is 1.49. The molecule has 6 nitrogen and oxygen atoms in total. The molecule has 124 valence electrons. The lowest BCUT2D eigenvalue weighted by Gasteiger charge is -2.20. The molecule has 0 spiro atoms. The Hall–Kier alpha value is -2.59. The third kappa shape index (κ3) is 5.27. The number of carbonyl (C=O) groups excluding carboxylic acids is 2. The topological polar surface area (TPSA) is 87.7 Å². The van der Waals surface area contributed by atoms with Gasteiger partial charge in [0.15, 0.2) is 11.6 Å². The molecule has 0 fully saturated rings. The Morgan fingerprint density at radius 2 is 2.09 bits per heavy atom. The molecule has 0 saturated carbocycles. The SMILES string of the molecule is CC#CCOc1ccc(C(=O)NC(C(=O)NO)C(C)C)cc1F. The number of hydrogen-bond donors (Lipinski definition) is 3. The Morgan fingerprint density at radius 3 is 2.61 bits per heavy atom. The summed E-state index contributed by atoms with van der Waals surface area (Å²) in [6.45, 7) is 5.09. The van der Waals surface area contributed by atoms with Crippen molar-refractivity contribution in [1.82, 2.24) is 10.8 Å². The normalized spacial score (nSPS) is 11.2. The fraction of sp³-hybridized carbons (Fsp3) is 0.375. The average Bonchev–Trinajstić information content (AvgIpc) is 2.52. The summed E-state index contributed by atoms with van der Waals surface area (Å²) in [5, 5.41) is 11.1. The van der Waals surface area contributed by atoms with E-state index in [1.165, 1.54) is 17.6 Å². The second-order valence-electron chi connectivity index (χ2n) is 5.03. The van der Waals surface area contributed by atoms with Crippen LogP contribution in [0.2, 0.25) is 0 Å². The van der Waals surface area contributed by atoms with E-state index in [1.54, 1.807) is 20.8 Å². The monoisotopic (exact) mass is 322 g/mol. The molecule has 0 radical (unpaired) electrons. The lowest BCUT2D eigenvalue weighted by molar-refractivity contribution is -0.132. The van der Waals surface area contributed by atoms with Crippen LogP contribution in [0.1, 0.15) is 31.1 Å². The lowest BCUT2D eigenvalue weighted by atomic mass is 10.0. The minimum atomic E-state index is -0.939. The highest BCUT2D eigenvalue weighted by Crippen LogP contribution is 2.18. The molecule has 0 aromatic heterocycles. The van der Waals surface area contributed by atoms with Crippen LogP contribution in [-0.4, -0.2) is 29.7 Å². The highest BCUT2D eigenvalue weighted by molar-refractivity contribution is 5.97. The number of carbonyl (C=O) groups is 2. The molecule has 1 atom stereocenters. The highest BCUT2D eigenvalue weighted by Gasteiger charge is 2.24. The van der Waals surface area contributed by atoms with Crippen molar-refractivity contribution >= 4 is 11.8 Å². The van der Waals surface area contributed by atoms with Crippen molar-refractivity contribution in [3.8, 4) is 17.6 Å².